The molecule has 0 bridgehead atoms. The van der Waals surface area contributed by atoms with Gasteiger partial charge in [0.15, 0.2) is 6.29 Å². The van der Waals surface area contributed by atoms with Gasteiger partial charge in [0.2, 0.25) is 0 Å². The predicted octanol–water partition coefficient (Wildman–Crippen LogP) is 2.61. The minimum Gasteiger partial charge on any atom is -0.298 e. The van der Waals surface area contributed by atoms with Gasteiger partial charge in [0.1, 0.15) is 0 Å². The van der Waals surface area contributed by atoms with E-state index in [1.165, 1.54) is 0 Å². The van der Waals surface area contributed by atoms with Gasteiger partial charge >= 0.3 is 0 Å². The first-order valence-corrected chi connectivity index (χ1v) is 6.17. The van der Waals surface area contributed by atoms with Crippen LogP contribution in [0.3, 0.4) is 0 Å². The summed E-state index contributed by atoms with van der Waals surface area (Å²) >= 11 is 0. The molecule has 0 fully saturated rings. The van der Waals surface area contributed by atoms with Gasteiger partial charge in [0, 0.05) is 5.56 Å². The van der Waals surface area contributed by atoms with E-state index in [1.54, 1.807) is 42.5 Å². The Bertz CT molecular complexity index is 714. The lowest BCUT2D eigenvalue weighted by atomic mass is 10.1. The second kappa shape index (κ2) is 4.42. The second-order valence-corrected chi connectivity index (χ2v) is 4.67. The number of fused-ring (bicyclic) bond motifs is 1. The van der Waals surface area contributed by atoms with Gasteiger partial charge in [-0.25, -0.2) is 4.90 Å². The molecular weight excluding hydrogens is 254 g/mol. The van der Waals surface area contributed by atoms with Gasteiger partial charge in [-0.3, -0.25) is 14.4 Å². The van der Waals surface area contributed by atoms with E-state index in [4.69, 9.17) is 0 Å². The number of anilines is 1. The van der Waals surface area contributed by atoms with Gasteiger partial charge in [0.25, 0.3) is 11.8 Å². The number of aryl methyl sites for hydroxylation is 1. The molecule has 2 amide bonds. The van der Waals surface area contributed by atoms with E-state index >= 15 is 0 Å². The number of imide groups is 1. The Labute approximate surface area is 115 Å². The summed E-state index contributed by atoms with van der Waals surface area (Å²) in [5, 5.41) is 0. The quantitative estimate of drug-likeness (QED) is 0.619. The highest BCUT2D eigenvalue weighted by Gasteiger charge is 2.37. The average Bonchev–Trinajstić information content (AvgIpc) is 2.72. The molecule has 20 heavy (non-hydrogen) atoms. The van der Waals surface area contributed by atoms with Crippen LogP contribution in [0.2, 0.25) is 0 Å². The van der Waals surface area contributed by atoms with Gasteiger partial charge in [-0.1, -0.05) is 23.8 Å². The van der Waals surface area contributed by atoms with Crippen LogP contribution in [0.1, 0.15) is 36.6 Å². The number of carbonyl (C=O) groups is 3. The molecule has 0 saturated heterocycles. The highest BCUT2D eigenvalue weighted by atomic mass is 16.2. The molecular formula is C16H11NO3. The van der Waals surface area contributed by atoms with Crippen LogP contribution >= 0.6 is 0 Å². The van der Waals surface area contributed by atoms with Crippen molar-refractivity contribution in [2.24, 2.45) is 0 Å². The Kier molecular flexibility index (Phi) is 2.71. The average molecular weight is 265 g/mol. The maximum absolute atomic E-state index is 12.3. The van der Waals surface area contributed by atoms with Crippen LogP contribution in [0.5, 0.6) is 0 Å². The van der Waals surface area contributed by atoms with E-state index in [9.17, 15) is 14.4 Å². The fraction of sp³-hybridized carbons (Fsp3) is 0.0625. The molecule has 1 aliphatic heterocycles. The maximum atomic E-state index is 12.3. The van der Waals surface area contributed by atoms with E-state index < -0.39 is 11.8 Å². The summed E-state index contributed by atoms with van der Waals surface area (Å²) in [5.74, 6) is -0.782. The van der Waals surface area contributed by atoms with Crippen LogP contribution in [0, 0.1) is 6.92 Å². The third-order valence-corrected chi connectivity index (χ3v) is 3.34. The van der Waals surface area contributed by atoms with Crippen molar-refractivity contribution in [1.29, 1.82) is 0 Å². The lowest BCUT2D eigenvalue weighted by Gasteiger charge is -2.16. The molecule has 4 heteroatoms. The van der Waals surface area contributed by atoms with Gasteiger partial charge in [-0.2, -0.15) is 0 Å². The smallest absolute Gasteiger partial charge is 0.266 e. The van der Waals surface area contributed by atoms with Crippen LogP contribution in [0.15, 0.2) is 42.5 Å². The van der Waals surface area contributed by atoms with Crippen molar-refractivity contribution in [1.82, 2.24) is 0 Å². The molecule has 0 aliphatic carbocycles. The van der Waals surface area contributed by atoms with Crippen molar-refractivity contribution >= 4 is 23.8 Å². The van der Waals surface area contributed by atoms with E-state index in [1.807, 2.05) is 6.92 Å². The SMILES string of the molecule is Cc1ccc(N2C(=O)c3ccccc3C2=O)c(C=O)c1. The van der Waals surface area contributed by atoms with Gasteiger partial charge in [-0.15, -0.1) is 0 Å². The normalized spacial score (nSPS) is 13.6. The number of carbonyl (C=O) groups excluding carboxylic acids is 3. The number of aldehydes is 1. The molecule has 98 valence electrons. The number of hydrogen-bond acceptors (Lipinski definition) is 3. The van der Waals surface area contributed by atoms with Crippen molar-refractivity contribution < 1.29 is 14.4 Å². The zero-order valence-corrected chi connectivity index (χ0v) is 10.8. The standard InChI is InChI=1S/C16H11NO3/c1-10-6-7-14(11(8-10)9-18)17-15(19)12-4-2-3-5-13(12)16(17)20/h2-9H,1H3. The Morgan fingerprint density at radius 1 is 0.950 bits per heavy atom. The zero-order chi connectivity index (χ0) is 14.3. The van der Waals surface area contributed by atoms with Crippen LogP contribution in [0.25, 0.3) is 0 Å². The highest BCUT2D eigenvalue weighted by molar-refractivity contribution is 6.35. The van der Waals surface area contributed by atoms with E-state index in [-0.39, 0.29) is 0 Å². The van der Waals surface area contributed by atoms with Crippen LogP contribution in [-0.2, 0) is 0 Å². The van der Waals surface area contributed by atoms with Gasteiger partial charge in [0.05, 0.1) is 16.8 Å². The molecule has 3 rings (SSSR count). The highest BCUT2D eigenvalue weighted by Crippen LogP contribution is 2.30. The lowest BCUT2D eigenvalue weighted by molar-refractivity contribution is 0.0926. The van der Waals surface area contributed by atoms with Crippen LogP contribution in [0.4, 0.5) is 5.69 Å². The Morgan fingerprint density at radius 3 is 2.10 bits per heavy atom. The molecule has 2 aromatic rings. The number of amides is 2. The monoisotopic (exact) mass is 265 g/mol. The van der Waals surface area contributed by atoms with Crippen molar-refractivity contribution in [3.05, 3.63) is 64.7 Å². The lowest BCUT2D eigenvalue weighted by Crippen LogP contribution is -2.30. The molecule has 0 unspecified atom stereocenters. The molecule has 1 aliphatic rings. The summed E-state index contributed by atoms with van der Waals surface area (Å²) in [7, 11) is 0. The summed E-state index contributed by atoms with van der Waals surface area (Å²) < 4.78 is 0. The minimum absolute atomic E-state index is 0.330. The number of benzene rings is 2. The molecule has 2 aromatic carbocycles. The zero-order valence-electron chi connectivity index (χ0n) is 10.8. The summed E-state index contributed by atoms with van der Waals surface area (Å²) in [6.07, 6.45) is 0.659. The number of nitrogens with zero attached hydrogens (tertiary/aromatic N) is 1. The summed E-state index contributed by atoms with van der Waals surface area (Å²) in [5.41, 5.74) is 2.30. The van der Waals surface area contributed by atoms with Crippen molar-refractivity contribution in [2.75, 3.05) is 4.90 Å². The third kappa shape index (κ3) is 1.66. The first-order valence-electron chi connectivity index (χ1n) is 6.17. The predicted molar refractivity (Wildman–Crippen MR) is 74.1 cm³/mol. The first-order chi connectivity index (χ1) is 9.63. The Morgan fingerprint density at radius 2 is 1.55 bits per heavy atom. The molecule has 1 heterocycles. The van der Waals surface area contributed by atoms with E-state index in [0.29, 0.717) is 28.7 Å². The largest absolute Gasteiger partial charge is 0.298 e. The molecule has 0 saturated carbocycles. The van der Waals surface area contributed by atoms with Gasteiger partial charge in [-0.05, 0) is 31.2 Å². The maximum Gasteiger partial charge on any atom is 0.266 e. The molecule has 0 spiro atoms. The Hall–Kier alpha value is -2.75. The summed E-state index contributed by atoms with van der Waals surface area (Å²) in [6.45, 7) is 1.85. The molecule has 0 atom stereocenters. The van der Waals surface area contributed by atoms with Crippen molar-refractivity contribution in [3.63, 3.8) is 0 Å². The number of hydrogen-bond donors (Lipinski definition) is 0. The summed E-state index contributed by atoms with van der Waals surface area (Å²) in [4.78, 5) is 36.9. The third-order valence-electron chi connectivity index (χ3n) is 3.34. The second-order valence-electron chi connectivity index (χ2n) is 4.67. The van der Waals surface area contributed by atoms with E-state index in [0.717, 1.165) is 10.5 Å². The molecule has 0 N–H and O–H groups in total. The number of rotatable bonds is 2. The fourth-order valence-electron chi connectivity index (χ4n) is 2.38. The van der Waals surface area contributed by atoms with Crippen molar-refractivity contribution in [3.8, 4) is 0 Å². The van der Waals surface area contributed by atoms with Gasteiger partial charge < -0.3 is 0 Å². The topological polar surface area (TPSA) is 54.5 Å². The first kappa shape index (κ1) is 12.3. The Balaban J connectivity index is 2.16. The van der Waals surface area contributed by atoms with Crippen molar-refractivity contribution in [2.45, 2.75) is 6.92 Å². The molecule has 0 aromatic heterocycles. The molecule has 4 nitrogen and oxygen atoms in total. The van der Waals surface area contributed by atoms with Crippen LogP contribution < -0.4 is 4.90 Å². The van der Waals surface area contributed by atoms with E-state index in [2.05, 4.69) is 0 Å². The van der Waals surface area contributed by atoms with Crippen LogP contribution in [-0.4, -0.2) is 18.1 Å². The fourth-order valence-corrected chi connectivity index (χ4v) is 2.38. The summed E-state index contributed by atoms with van der Waals surface area (Å²) in [6, 6.07) is 11.7. The minimum atomic E-state index is -0.391. The molecule has 0 radical (unpaired) electrons.